The minimum atomic E-state index is -1.65. The number of hydrogen-bond acceptors (Lipinski definition) is 4. The Morgan fingerprint density at radius 2 is 1.83 bits per heavy atom. The van der Waals surface area contributed by atoms with Crippen LogP contribution in [-0.2, 0) is 10.2 Å². The number of rotatable bonds is 5. The molecule has 1 aromatic carbocycles. The van der Waals surface area contributed by atoms with Crippen LogP contribution < -0.4 is 0 Å². The Balaban J connectivity index is 1.93. The third kappa shape index (κ3) is 2.57. The van der Waals surface area contributed by atoms with Crippen LogP contribution in [0.1, 0.15) is 31.2 Å². The van der Waals surface area contributed by atoms with E-state index in [-0.39, 0.29) is 5.92 Å². The first-order chi connectivity index (χ1) is 11.0. The van der Waals surface area contributed by atoms with Gasteiger partial charge in [0.2, 0.25) is 0 Å². The molecule has 5 nitrogen and oxygen atoms in total. The van der Waals surface area contributed by atoms with Gasteiger partial charge in [-0.3, -0.25) is 4.79 Å². The summed E-state index contributed by atoms with van der Waals surface area (Å²) >= 11 is 0. The molecule has 2 aliphatic rings. The van der Waals surface area contributed by atoms with Gasteiger partial charge in [-0.15, -0.1) is 0 Å². The third-order valence-electron chi connectivity index (χ3n) is 6.01. The van der Waals surface area contributed by atoms with E-state index in [0.29, 0.717) is 17.6 Å². The number of benzene rings is 1. The van der Waals surface area contributed by atoms with Gasteiger partial charge in [0.1, 0.15) is 5.41 Å². The monoisotopic (exact) mass is 319 g/mol. The van der Waals surface area contributed by atoms with Gasteiger partial charge in [-0.2, -0.15) is 0 Å². The van der Waals surface area contributed by atoms with E-state index in [2.05, 4.69) is 11.9 Å². The van der Waals surface area contributed by atoms with Crippen molar-refractivity contribution in [2.75, 3.05) is 13.7 Å². The van der Waals surface area contributed by atoms with E-state index in [0.717, 1.165) is 25.7 Å². The second-order valence-electron chi connectivity index (χ2n) is 7.03. The lowest BCUT2D eigenvalue weighted by atomic mass is 9.68. The maximum Gasteiger partial charge on any atom is 0.319 e. The summed E-state index contributed by atoms with van der Waals surface area (Å²) in [7, 11) is 2.11. The zero-order chi connectivity index (χ0) is 16.6. The average Bonchev–Trinajstić information content (AvgIpc) is 2.77. The minimum absolute atomic E-state index is 0.104. The quantitative estimate of drug-likeness (QED) is 0.761. The number of aliphatic hydroxyl groups excluding tert-OH is 2. The fourth-order valence-electron chi connectivity index (χ4n) is 4.52. The number of nitrogens with zero attached hydrogens (tertiary/aromatic N) is 1. The second-order valence-corrected chi connectivity index (χ2v) is 7.03. The summed E-state index contributed by atoms with van der Waals surface area (Å²) in [6, 6.07) is 9.47. The topological polar surface area (TPSA) is 81.0 Å². The Hall–Kier alpha value is -1.43. The molecule has 2 fully saturated rings. The smallest absolute Gasteiger partial charge is 0.319 e. The molecule has 0 spiro atoms. The molecule has 3 unspecified atom stereocenters. The number of piperidine rings is 1. The molecule has 0 saturated carbocycles. The van der Waals surface area contributed by atoms with Crippen LogP contribution in [0.5, 0.6) is 0 Å². The maximum atomic E-state index is 12.0. The van der Waals surface area contributed by atoms with Gasteiger partial charge >= 0.3 is 5.97 Å². The Kier molecular flexibility index (Phi) is 4.45. The van der Waals surface area contributed by atoms with E-state index in [1.165, 1.54) is 0 Å². The molecule has 3 rings (SSSR count). The summed E-state index contributed by atoms with van der Waals surface area (Å²) in [6.07, 6.45) is 2.69. The summed E-state index contributed by atoms with van der Waals surface area (Å²) in [5.41, 5.74) is -1.19. The van der Waals surface area contributed by atoms with Crippen molar-refractivity contribution in [1.29, 1.82) is 0 Å². The van der Waals surface area contributed by atoms with Gasteiger partial charge in [0.15, 0.2) is 0 Å². The molecule has 23 heavy (non-hydrogen) atoms. The Labute approximate surface area is 136 Å². The molecule has 0 aromatic heterocycles. The van der Waals surface area contributed by atoms with Gasteiger partial charge in [0.05, 0.1) is 12.7 Å². The zero-order valence-electron chi connectivity index (χ0n) is 13.4. The SMILES string of the molecule is CN1[C@@H]2CC[C@H]1CC(C(O)C(CO)(C(=O)O)c1ccccc1)C2. The first-order valence-electron chi connectivity index (χ1n) is 8.30. The molecule has 2 heterocycles. The summed E-state index contributed by atoms with van der Waals surface area (Å²) in [5.74, 6) is -1.27. The summed E-state index contributed by atoms with van der Waals surface area (Å²) in [6.45, 7) is -0.602. The van der Waals surface area contributed by atoms with E-state index in [4.69, 9.17) is 0 Å². The van der Waals surface area contributed by atoms with Crippen molar-refractivity contribution in [1.82, 2.24) is 4.90 Å². The molecule has 2 bridgehead atoms. The Bertz CT molecular complexity index is 549. The molecule has 5 atom stereocenters. The molecule has 0 amide bonds. The number of fused-ring (bicyclic) bond motifs is 2. The fourth-order valence-corrected chi connectivity index (χ4v) is 4.52. The number of carboxylic acids is 1. The number of aliphatic carboxylic acids is 1. The highest BCUT2D eigenvalue weighted by Gasteiger charge is 2.52. The second kappa shape index (κ2) is 6.23. The van der Waals surface area contributed by atoms with Crippen molar-refractivity contribution in [2.45, 2.75) is 49.3 Å². The van der Waals surface area contributed by atoms with E-state index >= 15 is 0 Å². The molecule has 2 aliphatic heterocycles. The lowest BCUT2D eigenvalue weighted by molar-refractivity contribution is -0.155. The number of hydrogen-bond donors (Lipinski definition) is 3. The van der Waals surface area contributed by atoms with Crippen LogP contribution in [0.15, 0.2) is 30.3 Å². The van der Waals surface area contributed by atoms with Gasteiger partial charge in [-0.05, 0) is 44.2 Å². The zero-order valence-corrected chi connectivity index (χ0v) is 13.4. The highest BCUT2D eigenvalue weighted by molar-refractivity contribution is 5.82. The Morgan fingerprint density at radius 1 is 1.26 bits per heavy atom. The normalized spacial score (nSPS) is 31.5. The lowest BCUT2D eigenvalue weighted by Gasteiger charge is -2.43. The highest BCUT2D eigenvalue weighted by Crippen LogP contribution is 2.43. The van der Waals surface area contributed by atoms with Crippen LogP contribution in [0.25, 0.3) is 0 Å². The van der Waals surface area contributed by atoms with Crippen molar-refractivity contribution in [2.24, 2.45) is 5.92 Å². The maximum absolute atomic E-state index is 12.0. The van der Waals surface area contributed by atoms with Gasteiger partial charge in [-0.25, -0.2) is 0 Å². The first kappa shape index (κ1) is 16.4. The lowest BCUT2D eigenvalue weighted by Crippen LogP contribution is -2.55. The predicted octanol–water partition coefficient (Wildman–Crippen LogP) is 1.23. The van der Waals surface area contributed by atoms with Crippen LogP contribution in [0, 0.1) is 5.92 Å². The first-order valence-corrected chi connectivity index (χ1v) is 8.30. The largest absolute Gasteiger partial charge is 0.480 e. The molecule has 0 radical (unpaired) electrons. The van der Waals surface area contributed by atoms with E-state index in [1.54, 1.807) is 30.3 Å². The summed E-state index contributed by atoms with van der Waals surface area (Å²) in [5, 5.41) is 30.8. The Morgan fingerprint density at radius 3 is 2.30 bits per heavy atom. The van der Waals surface area contributed by atoms with Gasteiger partial charge < -0.3 is 20.2 Å². The van der Waals surface area contributed by atoms with Crippen LogP contribution in [0.3, 0.4) is 0 Å². The van der Waals surface area contributed by atoms with Crippen LogP contribution in [-0.4, -0.2) is 58.0 Å². The molecular formula is C18H25NO4. The van der Waals surface area contributed by atoms with Crippen LogP contribution >= 0.6 is 0 Å². The molecule has 3 N–H and O–H groups in total. The molecular weight excluding hydrogens is 294 g/mol. The highest BCUT2D eigenvalue weighted by atomic mass is 16.4. The molecule has 126 valence electrons. The van der Waals surface area contributed by atoms with Crippen molar-refractivity contribution >= 4 is 5.97 Å². The van der Waals surface area contributed by atoms with Crippen molar-refractivity contribution in [3.8, 4) is 0 Å². The fraction of sp³-hybridized carbons (Fsp3) is 0.611. The van der Waals surface area contributed by atoms with Crippen molar-refractivity contribution in [3.05, 3.63) is 35.9 Å². The van der Waals surface area contributed by atoms with E-state index in [9.17, 15) is 20.1 Å². The summed E-state index contributed by atoms with van der Waals surface area (Å²) < 4.78 is 0. The van der Waals surface area contributed by atoms with Crippen LogP contribution in [0.4, 0.5) is 0 Å². The van der Waals surface area contributed by atoms with Crippen molar-refractivity contribution < 1.29 is 20.1 Å². The van der Waals surface area contributed by atoms with Gasteiger partial charge in [-0.1, -0.05) is 30.3 Å². The summed E-state index contributed by atoms with van der Waals surface area (Å²) in [4.78, 5) is 14.4. The average molecular weight is 319 g/mol. The third-order valence-corrected chi connectivity index (χ3v) is 6.01. The van der Waals surface area contributed by atoms with Gasteiger partial charge in [0, 0.05) is 12.1 Å². The molecule has 0 aliphatic carbocycles. The van der Waals surface area contributed by atoms with Crippen molar-refractivity contribution in [3.63, 3.8) is 0 Å². The number of carbonyl (C=O) groups is 1. The molecule has 5 heteroatoms. The standard InChI is InChI=1S/C18H25NO4/c1-19-14-7-8-15(19)10-12(9-14)16(21)18(11-20,17(22)23)13-5-3-2-4-6-13/h2-6,12,14-16,20-21H,7-11H2,1H3,(H,22,23)/t12?,14-,15+,16?,18?. The van der Waals surface area contributed by atoms with Gasteiger partial charge in [0.25, 0.3) is 0 Å². The number of aliphatic hydroxyl groups is 2. The number of carboxylic acid groups (broad SMARTS) is 1. The molecule has 1 aromatic rings. The predicted molar refractivity (Wildman–Crippen MR) is 86.1 cm³/mol. The minimum Gasteiger partial charge on any atom is -0.480 e. The van der Waals surface area contributed by atoms with E-state index in [1.807, 2.05) is 0 Å². The molecule has 2 saturated heterocycles. The van der Waals surface area contributed by atoms with Crippen LogP contribution in [0.2, 0.25) is 0 Å². The van der Waals surface area contributed by atoms with E-state index < -0.39 is 24.1 Å².